The highest BCUT2D eigenvalue weighted by Gasteiger charge is 2.25. The number of hydrogen-bond acceptors (Lipinski definition) is 6. The molecule has 0 radical (unpaired) electrons. The minimum Gasteiger partial charge on any atom is -0.493 e. The van der Waals surface area contributed by atoms with Crippen molar-refractivity contribution in [2.45, 2.75) is 13.0 Å². The summed E-state index contributed by atoms with van der Waals surface area (Å²) in [6.45, 7) is 5.52. The normalized spacial score (nSPS) is 16.0. The summed E-state index contributed by atoms with van der Waals surface area (Å²) < 4.78 is 16.3. The van der Waals surface area contributed by atoms with Crippen molar-refractivity contribution in [2.75, 3.05) is 47.1 Å². The summed E-state index contributed by atoms with van der Waals surface area (Å²) in [4.78, 5) is 15.7. The molecule has 1 fully saturated rings. The van der Waals surface area contributed by atoms with Crippen LogP contribution in [0, 0.1) is 6.92 Å². The lowest BCUT2D eigenvalue weighted by Gasteiger charge is -2.35. The average molecular weight is 391 g/mol. The number of rotatable bonds is 7. The molecule has 1 aromatic heterocycles. The van der Waals surface area contributed by atoms with E-state index in [1.807, 2.05) is 36.6 Å². The number of benzene rings is 1. The number of aryl methyl sites for hydroxylation is 1. The molecule has 1 amide bonds. The van der Waals surface area contributed by atoms with Crippen LogP contribution >= 0.6 is 11.3 Å². The molecular formula is C20H26N2O4S. The third-order valence-corrected chi connectivity index (χ3v) is 5.82. The van der Waals surface area contributed by atoms with Crippen LogP contribution in [-0.2, 0) is 4.74 Å². The van der Waals surface area contributed by atoms with Crippen LogP contribution in [0.2, 0.25) is 0 Å². The Morgan fingerprint density at radius 3 is 2.59 bits per heavy atom. The first-order chi connectivity index (χ1) is 13.1. The van der Waals surface area contributed by atoms with Gasteiger partial charge in [0.25, 0.3) is 5.91 Å². The average Bonchev–Trinajstić information content (AvgIpc) is 3.14. The zero-order valence-electron chi connectivity index (χ0n) is 16.0. The smallest absolute Gasteiger partial charge is 0.261 e. The van der Waals surface area contributed by atoms with E-state index in [0.29, 0.717) is 31.3 Å². The molecule has 1 aromatic carbocycles. The van der Waals surface area contributed by atoms with Gasteiger partial charge in [0, 0.05) is 19.6 Å². The number of carbonyl (C=O) groups is 1. The predicted octanol–water partition coefficient (Wildman–Crippen LogP) is 2.88. The van der Waals surface area contributed by atoms with Crippen molar-refractivity contribution in [2.24, 2.45) is 0 Å². The Balaban J connectivity index is 1.80. The first-order valence-electron chi connectivity index (χ1n) is 9.00. The summed E-state index contributed by atoms with van der Waals surface area (Å²) in [5.74, 6) is 1.36. The lowest BCUT2D eigenvalue weighted by molar-refractivity contribution is 0.0162. The largest absolute Gasteiger partial charge is 0.493 e. The van der Waals surface area contributed by atoms with Gasteiger partial charge in [-0.2, -0.15) is 0 Å². The van der Waals surface area contributed by atoms with Gasteiger partial charge in [0.2, 0.25) is 0 Å². The van der Waals surface area contributed by atoms with Crippen molar-refractivity contribution < 1.29 is 19.0 Å². The standard InChI is InChI=1S/C20H26N2O4S/c1-14-6-11-27-19(14)20(23)21-13-16(22-7-9-26-10-8-22)15-4-5-17(24-2)18(12-15)25-3/h4-6,11-12,16H,7-10,13H2,1-3H3,(H,21,23). The molecule has 1 aliphatic heterocycles. The van der Waals surface area contributed by atoms with E-state index in [0.717, 1.165) is 29.1 Å². The van der Waals surface area contributed by atoms with E-state index in [2.05, 4.69) is 10.2 Å². The zero-order valence-corrected chi connectivity index (χ0v) is 16.8. The second kappa shape index (κ2) is 9.21. The lowest BCUT2D eigenvalue weighted by atomic mass is 10.0. The van der Waals surface area contributed by atoms with Crippen molar-refractivity contribution >= 4 is 17.2 Å². The van der Waals surface area contributed by atoms with Gasteiger partial charge in [-0.05, 0) is 41.6 Å². The highest BCUT2D eigenvalue weighted by Crippen LogP contribution is 2.32. The van der Waals surface area contributed by atoms with E-state index in [4.69, 9.17) is 14.2 Å². The van der Waals surface area contributed by atoms with Crippen LogP contribution in [0.1, 0.15) is 26.8 Å². The van der Waals surface area contributed by atoms with Gasteiger partial charge in [-0.1, -0.05) is 6.07 Å². The summed E-state index contributed by atoms with van der Waals surface area (Å²) >= 11 is 1.47. The topological polar surface area (TPSA) is 60.0 Å². The summed E-state index contributed by atoms with van der Waals surface area (Å²) in [7, 11) is 3.26. The van der Waals surface area contributed by atoms with Crippen LogP contribution in [0.4, 0.5) is 0 Å². The third kappa shape index (κ3) is 4.61. The molecule has 0 spiro atoms. The van der Waals surface area contributed by atoms with E-state index >= 15 is 0 Å². The second-order valence-corrected chi connectivity index (χ2v) is 7.34. The van der Waals surface area contributed by atoms with Crippen LogP contribution in [0.25, 0.3) is 0 Å². The molecule has 27 heavy (non-hydrogen) atoms. The van der Waals surface area contributed by atoms with E-state index in [-0.39, 0.29) is 11.9 Å². The first kappa shape index (κ1) is 19.7. The Hall–Kier alpha value is -2.09. The predicted molar refractivity (Wildman–Crippen MR) is 106 cm³/mol. The fourth-order valence-electron chi connectivity index (χ4n) is 3.28. The van der Waals surface area contributed by atoms with Crippen molar-refractivity contribution in [1.82, 2.24) is 10.2 Å². The number of hydrogen-bond donors (Lipinski definition) is 1. The molecule has 1 N–H and O–H groups in total. The van der Waals surface area contributed by atoms with E-state index in [1.54, 1.807) is 14.2 Å². The van der Waals surface area contributed by atoms with Crippen LogP contribution in [0.3, 0.4) is 0 Å². The number of morpholine rings is 1. The van der Waals surface area contributed by atoms with Crippen LogP contribution in [-0.4, -0.2) is 57.9 Å². The number of ether oxygens (including phenoxy) is 3. The SMILES string of the molecule is COc1ccc(C(CNC(=O)c2sccc2C)N2CCOCC2)cc1OC. The molecule has 1 atom stereocenters. The molecule has 2 heterocycles. The molecule has 2 aromatic rings. The Morgan fingerprint density at radius 1 is 1.22 bits per heavy atom. The molecule has 1 aliphatic rings. The Morgan fingerprint density at radius 2 is 1.96 bits per heavy atom. The quantitative estimate of drug-likeness (QED) is 0.788. The van der Waals surface area contributed by atoms with Gasteiger partial charge in [-0.3, -0.25) is 9.69 Å². The third-order valence-electron chi connectivity index (χ3n) is 4.80. The summed E-state index contributed by atoms with van der Waals surface area (Å²) in [5.41, 5.74) is 2.09. The Bertz CT molecular complexity index is 771. The molecule has 0 aliphatic carbocycles. The van der Waals surface area contributed by atoms with Gasteiger partial charge >= 0.3 is 0 Å². The zero-order chi connectivity index (χ0) is 19.2. The second-order valence-electron chi connectivity index (χ2n) is 6.42. The van der Waals surface area contributed by atoms with Crippen molar-refractivity contribution in [1.29, 1.82) is 0 Å². The minimum atomic E-state index is -0.0266. The summed E-state index contributed by atoms with van der Waals surface area (Å²) in [6.07, 6.45) is 0. The number of thiophene rings is 1. The highest BCUT2D eigenvalue weighted by molar-refractivity contribution is 7.12. The maximum absolute atomic E-state index is 12.6. The fraction of sp³-hybridized carbons (Fsp3) is 0.450. The van der Waals surface area contributed by atoms with Gasteiger partial charge < -0.3 is 19.5 Å². The number of methoxy groups -OCH3 is 2. The highest BCUT2D eigenvalue weighted by atomic mass is 32.1. The van der Waals surface area contributed by atoms with Gasteiger partial charge in [0.1, 0.15) is 0 Å². The van der Waals surface area contributed by atoms with E-state index < -0.39 is 0 Å². The maximum Gasteiger partial charge on any atom is 0.261 e. The molecule has 3 rings (SSSR count). The summed E-state index contributed by atoms with van der Waals surface area (Å²) in [6, 6.07) is 7.93. The Kier molecular flexibility index (Phi) is 6.71. The molecule has 6 nitrogen and oxygen atoms in total. The summed E-state index contributed by atoms with van der Waals surface area (Å²) in [5, 5.41) is 5.05. The molecule has 146 valence electrons. The number of nitrogens with one attached hydrogen (secondary N) is 1. The number of carbonyl (C=O) groups excluding carboxylic acids is 1. The Labute approximate surface area is 164 Å². The van der Waals surface area contributed by atoms with Crippen molar-refractivity contribution in [3.05, 3.63) is 45.6 Å². The maximum atomic E-state index is 12.6. The van der Waals surface area contributed by atoms with E-state index in [9.17, 15) is 4.79 Å². The minimum absolute atomic E-state index is 0.0266. The lowest BCUT2D eigenvalue weighted by Crippen LogP contribution is -2.43. The first-order valence-corrected chi connectivity index (χ1v) is 9.88. The van der Waals surface area contributed by atoms with Gasteiger partial charge in [-0.15, -0.1) is 11.3 Å². The fourth-order valence-corrected chi connectivity index (χ4v) is 4.12. The number of nitrogens with zero attached hydrogens (tertiary/aromatic N) is 1. The molecule has 0 bridgehead atoms. The molecule has 7 heteroatoms. The van der Waals surface area contributed by atoms with Crippen LogP contribution in [0.15, 0.2) is 29.6 Å². The van der Waals surface area contributed by atoms with Crippen molar-refractivity contribution in [3.8, 4) is 11.5 Å². The van der Waals surface area contributed by atoms with Gasteiger partial charge in [0.15, 0.2) is 11.5 Å². The monoisotopic (exact) mass is 390 g/mol. The number of amides is 1. The van der Waals surface area contributed by atoms with Crippen LogP contribution in [0.5, 0.6) is 11.5 Å². The molecule has 1 unspecified atom stereocenters. The van der Waals surface area contributed by atoms with E-state index in [1.165, 1.54) is 11.3 Å². The van der Waals surface area contributed by atoms with Gasteiger partial charge in [-0.25, -0.2) is 0 Å². The van der Waals surface area contributed by atoms with Gasteiger partial charge in [0.05, 0.1) is 38.4 Å². The van der Waals surface area contributed by atoms with Crippen molar-refractivity contribution in [3.63, 3.8) is 0 Å². The molecule has 0 saturated carbocycles. The molecule has 1 saturated heterocycles. The molecular weight excluding hydrogens is 364 g/mol. The van der Waals surface area contributed by atoms with Crippen LogP contribution < -0.4 is 14.8 Å².